The van der Waals surface area contributed by atoms with Gasteiger partial charge in [0.1, 0.15) is 0 Å². The molecule has 0 bridgehead atoms. The van der Waals surface area contributed by atoms with Crippen molar-refractivity contribution in [2.75, 3.05) is 0 Å². The molecular weight excluding hydrogens is 374 g/mol. The van der Waals surface area contributed by atoms with Crippen LogP contribution in [0.5, 0.6) is 0 Å². The van der Waals surface area contributed by atoms with Crippen LogP contribution in [0.3, 0.4) is 0 Å². The van der Waals surface area contributed by atoms with E-state index in [4.69, 9.17) is 0 Å². The van der Waals surface area contributed by atoms with Crippen LogP contribution in [0.4, 0.5) is 39.5 Å². The molecular formula is C9H12F9O4P. The van der Waals surface area contributed by atoms with E-state index >= 15 is 0 Å². The average molecular weight is 386 g/mol. The van der Waals surface area contributed by atoms with Gasteiger partial charge in [0.05, 0.1) is 0 Å². The molecule has 140 valence electrons. The van der Waals surface area contributed by atoms with E-state index in [0.29, 0.717) is 0 Å². The van der Waals surface area contributed by atoms with Crippen molar-refractivity contribution in [3.05, 3.63) is 0 Å². The van der Waals surface area contributed by atoms with E-state index in [1.165, 1.54) is 0 Å². The molecule has 0 aromatic heterocycles. The zero-order valence-corrected chi connectivity index (χ0v) is 12.6. The number of hydrogen-bond acceptors (Lipinski definition) is 4. The van der Waals surface area contributed by atoms with E-state index < -0.39 is 44.7 Å². The molecule has 0 rings (SSSR count). The van der Waals surface area contributed by atoms with Crippen LogP contribution >= 0.6 is 7.82 Å². The Kier molecular flexibility index (Phi) is 7.00. The fourth-order valence-corrected chi connectivity index (χ4v) is 2.16. The van der Waals surface area contributed by atoms with Crippen LogP contribution in [0.25, 0.3) is 0 Å². The SMILES string of the molecule is CC(F)C(F)(F)OP(=O)(OC(F)(F)C(C)F)OC(F)(F)C(C)F. The Balaban J connectivity index is 5.67. The van der Waals surface area contributed by atoms with E-state index in [2.05, 4.69) is 13.6 Å². The lowest BCUT2D eigenvalue weighted by molar-refractivity contribution is -0.288. The predicted octanol–water partition coefficient (Wildman–Crippen LogP) is 5.00. The number of phosphoric acid groups is 1. The van der Waals surface area contributed by atoms with Gasteiger partial charge in [0.15, 0.2) is 18.5 Å². The minimum Gasteiger partial charge on any atom is -0.238 e. The Hall–Kier alpha value is -0.520. The number of rotatable bonds is 9. The highest BCUT2D eigenvalue weighted by atomic mass is 31.2. The monoisotopic (exact) mass is 386 g/mol. The molecule has 0 aliphatic rings. The van der Waals surface area contributed by atoms with Gasteiger partial charge in [-0.3, -0.25) is 0 Å². The molecule has 0 aromatic rings. The summed E-state index contributed by atoms with van der Waals surface area (Å²) in [4.78, 5) is 0. The van der Waals surface area contributed by atoms with Gasteiger partial charge in [-0.05, 0) is 20.8 Å². The molecule has 0 heterocycles. The highest BCUT2D eigenvalue weighted by molar-refractivity contribution is 7.48. The largest absolute Gasteiger partial charge is 0.489 e. The molecule has 0 saturated heterocycles. The summed E-state index contributed by atoms with van der Waals surface area (Å²) in [6, 6.07) is 0. The Bertz CT molecular complexity index is 379. The topological polar surface area (TPSA) is 44.8 Å². The van der Waals surface area contributed by atoms with Gasteiger partial charge in [-0.25, -0.2) is 31.3 Å². The molecule has 0 N–H and O–H groups in total. The predicted molar refractivity (Wildman–Crippen MR) is 57.4 cm³/mol. The highest BCUT2D eigenvalue weighted by Gasteiger charge is 2.58. The van der Waals surface area contributed by atoms with Crippen LogP contribution in [-0.4, -0.2) is 36.8 Å². The van der Waals surface area contributed by atoms with E-state index in [0.717, 1.165) is 0 Å². The van der Waals surface area contributed by atoms with E-state index in [1.54, 1.807) is 0 Å². The maximum absolute atomic E-state index is 13.0. The van der Waals surface area contributed by atoms with Crippen LogP contribution in [0.15, 0.2) is 0 Å². The number of halogens is 9. The number of alkyl halides is 9. The molecule has 0 amide bonds. The summed E-state index contributed by atoms with van der Waals surface area (Å²) in [5.74, 6) is 0. The second-order valence-electron chi connectivity index (χ2n) is 4.25. The molecule has 0 saturated carbocycles. The van der Waals surface area contributed by atoms with Crippen LogP contribution in [0, 0.1) is 0 Å². The lowest BCUT2D eigenvalue weighted by Gasteiger charge is -2.30. The Labute approximate surface area is 124 Å². The van der Waals surface area contributed by atoms with Gasteiger partial charge in [-0.1, -0.05) is 0 Å². The molecule has 0 fully saturated rings. The Morgan fingerprint density at radius 2 is 0.826 bits per heavy atom. The van der Waals surface area contributed by atoms with Gasteiger partial charge in [0.2, 0.25) is 0 Å². The summed E-state index contributed by atoms with van der Waals surface area (Å²) >= 11 is 0. The van der Waals surface area contributed by atoms with Crippen molar-refractivity contribution in [2.24, 2.45) is 0 Å². The Morgan fingerprint density at radius 3 is 0.957 bits per heavy atom. The highest BCUT2D eigenvalue weighted by Crippen LogP contribution is 2.61. The molecule has 0 aliphatic heterocycles. The zero-order chi connectivity index (χ0) is 18.9. The van der Waals surface area contributed by atoms with Gasteiger partial charge < -0.3 is 0 Å². The molecule has 0 radical (unpaired) electrons. The Morgan fingerprint density at radius 1 is 0.652 bits per heavy atom. The zero-order valence-electron chi connectivity index (χ0n) is 11.7. The van der Waals surface area contributed by atoms with Crippen molar-refractivity contribution < 1.29 is 57.7 Å². The van der Waals surface area contributed by atoms with Crippen LogP contribution in [0.1, 0.15) is 20.8 Å². The van der Waals surface area contributed by atoms with Crippen molar-refractivity contribution in [1.82, 2.24) is 0 Å². The van der Waals surface area contributed by atoms with Gasteiger partial charge >= 0.3 is 26.1 Å². The first kappa shape index (κ1) is 22.5. The van der Waals surface area contributed by atoms with Gasteiger partial charge in [0, 0.05) is 0 Å². The lowest BCUT2D eigenvalue weighted by Crippen LogP contribution is -2.38. The van der Waals surface area contributed by atoms with Crippen molar-refractivity contribution in [1.29, 1.82) is 0 Å². The first-order valence-electron chi connectivity index (χ1n) is 5.73. The molecule has 0 aliphatic carbocycles. The molecule has 0 spiro atoms. The van der Waals surface area contributed by atoms with Crippen molar-refractivity contribution >= 4 is 7.82 Å². The van der Waals surface area contributed by atoms with Gasteiger partial charge in [-0.15, -0.1) is 0 Å². The third kappa shape index (κ3) is 6.48. The molecule has 4 nitrogen and oxygen atoms in total. The third-order valence-electron chi connectivity index (χ3n) is 2.09. The van der Waals surface area contributed by atoms with Gasteiger partial charge in [0.25, 0.3) is 0 Å². The van der Waals surface area contributed by atoms with Crippen molar-refractivity contribution in [2.45, 2.75) is 57.6 Å². The first-order chi connectivity index (χ1) is 9.95. The quantitative estimate of drug-likeness (QED) is 0.414. The fourth-order valence-electron chi connectivity index (χ4n) is 0.721. The maximum Gasteiger partial charge on any atom is 0.489 e. The van der Waals surface area contributed by atoms with E-state index in [-0.39, 0.29) is 20.8 Å². The smallest absolute Gasteiger partial charge is 0.238 e. The summed E-state index contributed by atoms with van der Waals surface area (Å²) < 4.78 is 136. The number of hydrogen-bond donors (Lipinski definition) is 0. The van der Waals surface area contributed by atoms with E-state index in [1.807, 2.05) is 0 Å². The molecule has 23 heavy (non-hydrogen) atoms. The standard InChI is InChI=1S/C9H12F9O4P/c1-4(10)7(13,14)20-23(19,21-8(15,16)5(2)11)22-9(17,18)6(3)12/h4-6H,1-3H3. The summed E-state index contributed by atoms with van der Waals surface area (Å²) in [7, 11) is -6.72. The molecule has 14 heteroatoms. The fraction of sp³-hybridized carbons (Fsp3) is 1.00. The normalized spacial score (nSPS) is 20.7. The van der Waals surface area contributed by atoms with Crippen molar-refractivity contribution in [3.8, 4) is 0 Å². The second kappa shape index (κ2) is 7.16. The second-order valence-corrected chi connectivity index (χ2v) is 5.70. The lowest BCUT2D eigenvalue weighted by atomic mass is 10.4. The van der Waals surface area contributed by atoms with Crippen molar-refractivity contribution in [3.63, 3.8) is 0 Å². The summed E-state index contributed by atoms with van der Waals surface area (Å²) in [5.41, 5.74) is 0. The van der Waals surface area contributed by atoms with Crippen LogP contribution < -0.4 is 0 Å². The third-order valence-corrected chi connectivity index (χ3v) is 3.49. The minimum absolute atomic E-state index is 0.0934. The summed E-state index contributed by atoms with van der Waals surface area (Å²) in [6.45, 7) is 0.280. The van der Waals surface area contributed by atoms with Crippen LogP contribution in [-0.2, 0) is 18.1 Å². The van der Waals surface area contributed by atoms with E-state index in [9.17, 15) is 44.1 Å². The maximum atomic E-state index is 13.0. The van der Waals surface area contributed by atoms with Gasteiger partial charge in [-0.2, -0.15) is 26.3 Å². The average Bonchev–Trinajstić information content (AvgIpc) is 2.24. The molecule has 3 atom stereocenters. The molecule has 0 aromatic carbocycles. The summed E-state index contributed by atoms with van der Waals surface area (Å²) in [5, 5.41) is 0. The summed E-state index contributed by atoms with van der Waals surface area (Å²) in [6.07, 6.45) is -25.6. The first-order valence-corrected chi connectivity index (χ1v) is 7.19. The molecule has 3 unspecified atom stereocenters. The van der Waals surface area contributed by atoms with Crippen LogP contribution in [0.2, 0.25) is 0 Å². The number of phosphoric ester groups is 1. The minimum atomic E-state index is -6.72.